The highest BCUT2D eigenvalue weighted by Gasteiger charge is 2.32. The van der Waals surface area contributed by atoms with Crippen LogP contribution in [0.1, 0.15) is 21.6 Å². The number of rotatable bonds is 2. The van der Waals surface area contributed by atoms with Crippen LogP contribution in [0.3, 0.4) is 0 Å². The Morgan fingerprint density at radius 3 is 2.54 bits per heavy atom. The molecule has 0 spiro atoms. The zero-order chi connectivity index (χ0) is 17.5. The van der Waals surface area contributed by atoms with Gasteiger partial charge in [-0.25, -0.2) is 8.42 Å². The van der Waals surface area contributed by atoms with Gasteiger partial charge in [-0.05, 0) is 30.2 Å². The van der Waals surface area contributed by atoms with E-state index in [-0.39, 0.29) is 21.9 Å². The van der Waals surface area contributed by atoms with Gasteiger partial charge in [0.1, 0.15) is 5.69 Å². The van der Waals surface area contributed by atoms with E-state index in [2.05, 4.69) is 10.3 Å². The number of carbonyl (C=O) groups is 1. The molecule has 2 heterocycles. The lowest BCUT2D eigenvalue weighted by Crippen LogP contribution is -2.16. The SMILES string of the molecule is O=C(Nc1cccc2c1S(=O)(=O)CC2)c1ccc(C(F)(F)F)nc1. The molecular weight excluding hydrogens is 345 g/mol. The zero-order valence-electron chi connectivity index (χ0n) is 12.1. The van der Waals surface area contributed by atoms with Crippen molar-refractivity contribution >= 4 is 21.4 Å². The predicted molar refractivity (Wildman–Crippen MR) is 79.4 cm³/mol. The van der Waals surface area contributed by atoms with Crippen molar-refractivity contribution in [1.29, 1.82) is 0 Å². The third-order valence-electron chi connectivity index (χ3n) is 3.61. The number of aromatic nitrogens is 1. The summed E-state index contributed by atoms with van der Waals surface area (Å²) in [5, 5.41) is 2.43. The Balaban J connectivity index is 1.88. The number of anilines is 1. The molecule has 5 nitrogen and oxygen atoms in total. The molecule has 1 amide bonds. The van der Waals surface area contributed by atoms with Gasteiger partial charge < -0.3 is 5.32 Å². The first-order valence-electron chi connectivity index (χ1n) is 6.88. The minimum atomic E-state index is -4.59. The van der Waals surface area contributed by atoms with Gasteiger partial charge in [0, 0.05) is 6.20 Å². The van der Waals surface area contributed by atoms with Crippen LogP contribution in [0.4, 0.5) is 18.9 Å². The average Bonchev–Trinajstić information content (AvgIpc) is 2.83. The summed E-state index contributed by atoms with van der Waals surface area (Å²) in [4.78, 5) is 15.4. The number of halogens is 3. The van der Waals surface area contributed by atoms with E-state index in [4.69, 9.17) is 0 Å². The lowest BCUT2D eigenvalue weighted by molar-refractivity contribution is -0.141. The van der Waals surface area contributed by atoms with Crippen LogP contribution >= 0.6 is 0 Å². The van der Waals surface area contributed by atoms with Crippen LogP contribution in [0.15, 0.2) is 41.4 Å². The number of pyridine rings is 1. The summed E-state index contributed by atoms with van der Waals surface area (Å²) in [6, 6.07) is 6.40. The van der Waals surface area contributed by atoms with Crippen LogP contribution < -0.4 is 5.32 Å². The molecular formula is C15H11F3N2O3S. The Labute approximate surface area is 135 Å². The number of alkyl halides is 3. The summed E-state index contributed by atoms with van der Waals surface area (Å²) >= 11 is 0. The summed E-state index contributed by atoms with van der Waals surface area (Å²) in [6.07, 6.45) is -3.43. The van der Waals surface area contributed by atoms with Gasteiger partial charge >= 0.3 is 6.18 Å². The maximum absolute atomic E-state index is 12.5. The highest BCUT2D eigenvalue weighted by atomic mass is 32.2. The Bertz CT molecular complexity index is 907. The van der Waals surface area contributed by atoms with E-state index < -0.39 is 27.6 Å². The number of sulfone groups is 1. The molecule has 0 radical (unpaired) electrons. The van der Waals surface area contributed by atoms with Gasteiger partial charge in [0.25, 0.3) is 5.91 Å². The van der Waals surface area contributed by atoms with Gasteiger partial charge in [-0.2, -0.15) is 13.2 Å². The fourth-order valence-electron chi connectivity index (χ4n) is 2.48. The molecule has 0 fully saturated rings. The third kappa shape index (κ3) is 2.99. The van der Waals surface area contributed by atoms with Crippen LogP contribution in [-0.2, 0) is 22.4 Å². The number of aryl methyl sites for hydroxylation is 1. The molecule has 1 aromatic carbocycles. The van der Waals surface area contributed by atoms with Crippen LogP contribution in [0, 0.1) is 0 Å². The Morgan fingerprint density at radius 2 is 1.92 bits per heavy atom. The van der Waals surface area contributed by atoms with Gasteiger partial charge in [0.2, 0.25) is 0 Å². The fourth-order valence-corrected chi connectivity index (χ4v) is 4.20. The van der Waals surface area contributed by atoms with Crippen molar-refractivity contribution in [3.63, 3.8) is 0 Å². The van der Waals surface area contributed by atoms with Crippen LogP contribution in [0.2, 0.25) is 0 Å². The van der Waals surface area contributed by atoms with Crippen molar-refractivity contribution in [3.05, 3.63) is 53.3 Å². The molecule has 9 heteroatoms. The second-order valence-electron chi connectivity index (χ2n) is 5.25. The van der Waals surface area contributed by atoms with Crippen molar-refractivity contribution < 1.29 is 26.4 Å². The van der Waals surface area contributed by atoms with E-state index in [1.165, 1.54) is 6.07 Å². The van der Waals surface area contributed by atoms with E-state index in [1.54, 1.807) is 12.1 Å². The molecule has 3 rings (SSSR count). The van der Waals surface area contributed by atoms with E-state index in [0.717, 1.165) is 12.3 Å². The summed E-state index contributed by atoms with van der Waals surface area (Å²) in [5.41, 5.74) is -0.480. The number of nitrogens with zero attached hydrogens (tertiary/aromatic N) is 1. The summed E-state index contributed by atoms with van der Waals surface area (Å²) in [5.74, 6) is -0.761. The predicted octanol–water partition coefficient (Wildman–Crippen LogP) is 2.68. The number of hydrogen-bond acceptors (Lipinski definition) is 4. The topological polar surface area (TPSA) is 76.1 Å². The van der Waals surface area contributed by atoms with E-state index >= 15 is 0 Å². The minimum Gasteiger partial charge on any atom is -0.321 e. The number of benzene rings is 1. The molecule has 1 N–H and O–H groups in total. The molecule has 0 aliphatic carbocycles. The molecule has 126 valence electrons. The normalized spacial score (nSPS) is 15.8. The number of carbonyl (C=O) groups excluding carboxylic acids is 1. The summed E-state index contributed by atoms with van der Waals surface area (Å²) < 4.78 is 61.5. The lowest BCUT2D eigenvalue weighted by Gasteiger charge is -2.10. The molecule has 2 aromatic rings. The van der Waals surface area contributed by atoms with Crippen molar-refractivity contribution in [2.75, 3.05) is 11.1 Å². The maximum Gasteiger partial charge on any atom is 0.433 e. The van der Waals surface area contributed by atoms with Crippen LogP contribution in [-0.4, -0.2) is 25.1 Å². The number of hydrogen-bond donors (Lipinski definition) is 1. The molecule has 0 unspecified atom stereocenters. The second-order valence-corrected chi connectivity index (χ2v) is 7.29. The van der Waals surface area contributed by atoms with Gasteiger partial charge in [-0.3, -0.25) is 9.78 Å². The molecule has 0 saturated heterocycles. The average molecular weight is 356 g/mol. The standard InChI is InChI=1S/C15H11F3N2O3S/c16-15(17,18)12-5-4-10(8-19-12)14(21)20-11-3-1-2-9-6-7-24(22,23)13(9)11/h1-5,8H,6-7H2,(H,20,21). The lowest BCUT2D eigenvalue weighted by atomic mass is 10.1. The fraction of sp³-hybridized carbons (Fsp3) is 0.200. The zero-order valence-corrected chi connectivity index (χ0v) is 12.9. The van der Waals surface area contributed by atoms with Crippen molar-refractivity contribution in [1.82, 2.24) is 4.98 Å². The highest BCUT2D eigenvalue weighted by Crippen LogP contribution is 2.33. The molecule has 1 aromatic heterocycles. The first kappa shape index (κ1) is 16.4. The molecule has 0 bridgehead atoms. The third-order valence-corrected chi connectivity index (χ3v) is 5.46. The van der Waals surface area contributed by atoms with Gasteiger partial charge in [-0.1, -0.05) is 12.1 Å². The highest BCUT2D eigenvalue weighted by molar-refractivity contribution is 7.91. The second kappa shape index (κ2) is 5.59. The molecule has 0 saturated carbocycles. The monoisotopic (exact) mass is 356 g/mol. The Hall–Kier alpha value is -2.42. The van der Waals surface area contributed by atoms with E-state index in [9.17, 15) is 26.4 Å². The van der Waals surface area contributed by atoms with E-state index in [0.29, 0.717) is 18.1 Å². The van der Waals surface area contributed by atoms with Gasteiger partial charge in [0.15, 0.2) is 9.84 Å². The number of nitrogens with one attached hydrogen (secondary N) is 1. The minimum absolute atomic E-state index is 0.0307. The first-order valence-corrected chi connectivity index (χ1v) is 8.53. The van der Waals surface area contributed by atoms with Crippen molar-refractivity contribution in [3.8, 4) is 0 Å². The van der Waals surface area contributed by atoms with Crippen molar-refractivity contribution in [2.45, 2.75) is 17.5 Å². The molecule has 1 aliphatic heterocycles. The molecule has 1 aliphatic rings. The van der Waals surface area contributed by atoms with Gasteiger partial charge in [-0.15, -0.1) is 0 Å². The Kier molecular flexibility index (Phi) is 3.83. The summed E-state index contributed by atoms with van der Waals surface area (Å²) in [7, 11) is -3.47. The quantitative estimate of drug-likeness (QED) is 0.898. The molecule has 0 atom stereocenters. The van der Waals surface area contributed by atoms with Gasteiger partial charge in [0.05, 0.1) is 21.9 Å². The summed E-state index contributed by atoms with van der Waals surface area (Å²) in [6.45, 7) is 0. The number of fused-ring (bicyclic) bond motifs is 1. The van der Waals surface area contributed by atoms with Crippen LogP contribution in [0.25, 0.3) is 0 Å². The largest absolute Gasteiger partial charge is 0.433 e. The van der Waals surface area contributed by atoms with Crippen molar-refractivity contribution in [2.24, 2.45) is 0 Å². The van der Waals surface area contributed by atoms with E-state index in [1.807, 2.05) is 0 Å². The first-order chi connectivity index (χ1) is 11.2. The smallest absolute Gasteiger partial charge is 0.321 e. The molecule has 24 heavy (non-hydrogen) atoms. The van der Waals surface area contributed by atoms with Crippen LogP contribution in [0.5, 0.6) is 0 Å². The number of amides is 1. The maximum atomic E-state index is 12.5. The Morgan fingerprint density at radius 1 is 1.17 bits per heavy atom.